The molecule has 7 nitrogen and oxygen atoms in total. The number of aromatic amines is 1. The number of nitrogens with one attached hydrogen (secondary N) is 1. The Morgan fingerprint density at radius 1 is 1.20 bits per heavy atom. The zero-order chi connectivity index (χ0) is 21.4. The topological polar surface area (TPSA) is 85.7 Å². The molecule has 0 saturated carbocycles. The summed E-state index contributed by atoms with van der Waals surface area (Å²) in [6.45, 7) is 8.18. The van der Waals surface area contributed by atoms with E-state index in [0.717, 1.165) is 37.6 Å². The van der Waals surface area contributed by atoms with Crippen LogP contribution in [0.5, 0.6) is 5.75 Å². The molecule has 4 rings (SSSR count). The Bertz CT molecular complexity index is 1260. The molecule has 0 atom stereocenters. The van der Waals surface area contributed by atoms with Gasteiger partial charge in [-0.25, -0.2) is 4.98 Å². The van der Waals surface area contributed by atoms with Gasteiger partial charge in [0.05, 0.1) is 18.2 Å². The van der Waals surface area contributed by atoms with Gasteiger partial charge in [-0.15, -0.1) is 21.5 Å². The van der Waals surface area contributed by atoms with E-state index < -0.39 is 0 Å². The summed E-state index contributed by atoms with van der Waals surface area (Å²) in [5, 5.41) is 10.3. The minimum absolute atomic E-state index is 0.0818. The van der Waals surface area contributed by atoms with Crippen LogP contribution in [-0.2, 0) is 5.75 Å². The van der Waals surface area contributed by atoms with Crippen molar-refractivity contribution in [3.05, 3.63) is 50.9 Å². The predicted octanol–water partition coefficient (Wildman–Crippen LogP) is 4.74. The van der Waals surface area contributed by atoms with E-state index in [4.69, 9.17) is 4.74 Å². The maximum Gasteiger partial charge on any atom is 0.259 e. The number of methoxy groups -OCH3 is 1. The Morgan fingerprint density at radius 3 is 2.60 bits per heavy atom. The molecule has 0 radical (unpaired) electrons. The first-order valence-corrected chi connectivity index (χ1v) is 11.4. The Morgan fingerprint density at radius 2 is 1.93 bits per heavy atom. The molecule has 1 N–H and O–H groups in total. The van der Waals surface area contributed by atoms with Gasteiger partial charge < -0.3 is 9.72 Å². The van der Waals surface area contributed by atoms with Crippen molar-refractivity contribution in [1.82, 2.24) is 24.7 Å². The molecule has 0 spiro atoms. The van der Waals surface area contributed by atoms with Gasteiger partial charge >= 0.3 is 0 Å². The number of ether oxygens (including phenoxy) is 1. The van der Waals surface area contributed by atoms with E-state index in [1.54, 1.807) is 18.4 Å². The Balaban J connectivity index is 1.63. The van der Waals surface area contributed by atoms with Crippen LogP contribution in [0.3, 0.4) is 0 Å². The highest BCUT2D eigenvalue weighted by Crippen LogP contribution is 2.31. The van der Waals surface area contributed by atoms with Crippen molar-refractivity contribution in [2.45, 2.75) is 44.6 Å². The van der Waals surface area contributed by atoms with Gasteiger partial charge in [-0.1, -0.05) is 11.8 Å². The van der Waals surface area contributed by atoms with Gasteiger partial charge in [0.25, 0.3) is 5.56 Å². The van der Waals surface area contributed by atoms with Crippen molar-refractivity contribution in [1.29, 1.82) is 0 Å². The molecule has 0 aliphatic heterocycles. The largest absolute Gasteiger partial charge is 0.497 e. The zero-order valence-corrected chi connectivity index (χ0v) is 19.1. The number of H-pyrrole nitrogens is 1. The molecule has 156 valence electrons. The van der Waals surface area contributed by atoms with Crippen molar-refractivity contribution >= 4 is 33.3 Å². The number of aryl methyl sites for hydroxylation is 2. The summed E-state index contributed by atoms with van der Waals surface area (Å²) in [7, 11) is 1.65. The molecular formula is C21H23N5O2S2. The number of aromatic nitrogens is 5. The summed E-state index contributed by atoms with van der Waals surface area (Å²) >= 11 is 3.07. The number of nitrogens with zero attached hydrogens (tertiary/aromatic N) is 4. The average molecular weight is 442 g/mol. The lowest BCUT2D eigenvalue weighted by molar-refractivity contribution is 0.415. The fraction of sp³-hybridized carbons (Fsp3) is 0.333. The third-order valence-corrected chi connectivity index (χ3v) is 7.01. The van der Waals surface area contributed by atoms with E-state index in [2.05, 4.69) is 38.6 Å². The summed E-state index contributed by atoms with van der Waals surface area (Å²) < 4.78 is 7.34. The van der Waals surface area contributed by atoms with Gasteiger partial charge in [-0.3, -0.25) is 9.36 Å². The van der Waals surface area contributed by atoms with E-state index >= 15 is 0 Å². The van der Waals surface area contributed by atoms with E-state index in [1.807, 2.05) is 38.1 Å². The lowest BCUT2D eigenvalue weighted by Gasteiger charge is -2.14. The van der Waals surface area contributed by atoms with E-state index in [1.165, 1.54) is 11.8 Å². The van der Waals surface area contributed by atoms with Gasteiger partial charge in [-0.2, -0.15) is 0 Å². The van der Waals surface area contributed by atoms with E-state index in [9.17, 15) is 4.79 Å². The number of benzene rings is 1. The van der Waals surface area contributed by atoms with Gasteiger partial charge in [0.1, 0.15) is 16.4 Å². The predicted molar refractivity (Wildman–Crippen MR) is 122 cm³/mol. The molecular weight excluding hydrogens is 418 g/mol. The summed E-state index contributed by atoms with van der Waals surface area (Å²) in [5.41, 5.74) is 1.90. The molecule has 30 heavy (non-hydrogen) atoms. The highest BCUT2D eigenvalue weighted by Gasteiger charge is 2.18. The maximum atomic E-state index is 12.5. The van der Waals surface area contributed by atoms with Crippen LogP contribution in [0.4, 0.5) is 0 Å². The molecule has 0 amide bonds. The lowest BCUT2D eigenvalue weighted by atomic mass is 10.2. The van der Waals surface area contributed by atoms with Crippen LogP contribution >= 0.6 is 23.1 Å². The minimum atomic E-state index is -0.0818. The third-order valence-electron chi connectivity index (χ3n) is 4.96. The summed E-state index contributed by atoms with van der Waals surface area (Å²) in [4.78, 5) is 22.0. The van der Waals surface area contributed by atoms with Crippen LogP contribution in [0.1, 0.15) is 36.2 Å². The SMILES string of the molecule is COc1ccc(-c2nnc(SCc3nc4sc(C)c(C)c4c(=O)[nH]3)n2C(C)C)cc1. The van der Waals surface area contributed by atoms with Gasteiger partial charge in [0, 0.05) is 16.5 Å². The number of thiophene rings is 1. The molecule has 9 heteroatoms. The number of thioether (sulfide) groups is 1. The fourth-order valence-electron chi connectivity index (χ4n) is 3.28. The molecule has 0 aliphatic rings. The number of rotatable bonds is 6. The van der Waals surface area contributed by atoms with E-state index in [-0.39, 0.29) is 11.6 Å². The van der Waals surface area contributed by atoms with E-state index in [0.29, 0.717) is 17.0 Å². The summed E-state index contributed by atoms with van der Waals surface area (Å²) in [5.74, 6) is 2.75. The van der Waals surface area contributed by atoms with Crippen molar-refractivity contribution in [3.8, 4) is 17.1 Å². The third kappa shape index (κ3) is 3.75. The average Bonchev–Trinajstić information content (AvgIpc) is 3.27. The molecule has 0 fully saturated rings. The Labute approximate surface area is 182 Å². The molecule has 0 unspecified atom stereocenters. The lowest BCUT2D eigenvalue weighted by Crippen LogP contribution is -2.11. The van der Waals surface area contributed by atoms with Gasteiger partial charge in [0.15, 0.2) is 11.0 Å². The smallest absolute Gasteiger partial charge is 0.259 e. The summed E-state index contributed by atoms with van der Waals surface area (Å²) in [6, 6.07) is 7.96. The first kappa shape index (κ1) is 20.6. The van der Waals surface area contributed by atoms with Crippen LogP contribution in [0.15, 0.2) is 34.2 Å². The van der Waals surface area contributed by atoms with Crippen molar-refractivity contribution in [2.24, 2.45) is 0 Å². The van der Waals surface area contributed by atoms with Crippen LogP contribution in [0, 0.1) is 13.8 Å². The molecule has 0 bridgehead atoms. The second-order valence-corrected chi connectivity index (χ2v) is 9.41. The Hall–Kier alpha value is -2.65. The minimum Gasteiger partial charge on any atom is -0.497 e. The molecule has 3 heterocycles. The van der Waals surface area contributed by atoms with Crippen LogP contribution in [-0.4, -0.2) is 31.8 Å². The molecule has 4 aromatic rings. The second kappa shape index (κ2) is 8.23. The first-order valence-electron chi connectivity index (χ1n) is 9.60. The van der Waals surface area contributed by atoms with Gasteiger partial charge in [0.2, 0.25) is 0 Å². The molecule has 0 saturated heterocycles. The molecule has 0 aliphatic carbocycles. The monoisotopic (exact) mass is 441 g/mol. The summed E-state index contributed by atoms with van der Waals surface area (Å²) in [6.07, 6.45) is 0. The van der Waals surface area contributed by atoms with Crippen LogP contribution in [0.25, 0.3) is 21.6 Å². The van der Waals surface area contributed by atoms with Gasteiger partial charge in [-0.05, 0) is 57.5 Å². The maximum absolute atomic E-state index is 12.5. The normalized spacial score (nSPS) is 11.5. The van der Waals surface area contributed by atoms with Crippen molar-refractivity contribution < 1.29 is 4.74 Å². The second-order valence-electron chi connectivity index (χ2n) is 7.26. The van der Waals surface area contributed by atoms with Crippen LogP contribution in [0.2, 0.25) is 0 Å². The number of hydrogen-bond donors (Lipinski definition) is 1. The fourth-order valence-corrected chi connectivity index (χ4v) is 5.26. The number of hydrogen-bond acceptors (Lipinski definition) is 7. The Kier molecular flexibility index (Phi) is 5.66. The highest BCUT2D eigenvalue weighted by atomic mass is 32.2. The first-order chi connectivity index (χ1) is 14.4. The van der Waals surface area contributed by atoms with Crippen molar-refractivity contribution in [2.75, 3.05) is 7.11 Å². The van der Waals surface area contributed by atoms with Crippen molar-refractivity contribution in [3.63, 3.8) is 0 Å². The molecule has 1 aromatic carbocycles. The standard InChI is InChI=1S/C21H23N5O2S2/c1-11(2)26-18(14-6-8-15(28-5)9-7-14)24-25-21(26)29-10-16-22-19(27)17-12(3)13(4)30-20(17)23-16/h6-9,11H,10H2,1-5H3,(H,22,23,27). The zero-order valence-electron chi connectivity index (χ0n) is 17.5. The highest BCUT2D eigenvalue weighted by molar-refractivity contribution is 7.98. The molecule has 3 aromatic heterocycles. The quantitative estimate of drug-likeness (QED) is 0.435. The van der Waals surface area contributed by atoms with Crippen LogP contribution < -0.4 is 10.3 Å². The number of fused-ring (bicyclic) bond motifs is 1.